The predicted octanol–water partition coefficient (Wildman–Crippen LogP) is 2.72. The zero-order valence-electron chi connectivity index (χ0n) is 9.74. The number of nitrogens with one attached hydrogen (secondary N) is 1. The van der Waals surface area contributed by atoms with Crippen molar-refractivity contribution < 1.29 is 9.18 Å². The fourth-order valence-electron chi connectivity index (χ4n) is 1.49. The minimum absolute atomic E-state index is 0.191. The smallest absolute Gasteiger partial charge is 0.237 e. The van der Waals surface area contributed by atoms with Gasteiger partial charge in [-0.25, -0.2) is 9.37 Å². The number of benzene rings is 1. The first-order chi connectivity index (χ1) is 8.56. The fourth-order valence-corrected chi connectivity index (χ4v) is 2.51. The van der Waals surface area contributed by atoms with Crippen molar-refractivity contribution in [3.8, 4) is 0 Å². The predicted molar refractivity (Wildman–Crippen MR) is 71.6 cm³/mol. The van der Waals surface area contributed by atoms with E-state index in [1.54, 1.807) is 13.0 Å². The summed E-state index contributed by atoms with van der Waals surface area (Å²) in [6.07, 6.45) is 0.621. The summed E-state index contributed by atoms with van der Waals surface area (Å²) < 4.78 is 13.9. The average Bonchev–Trinajstić information content (AvgIpc) is 2.70. The molecule has 96 valence electrons. The largest absolute Gasteiger partial charge is 0.354 e. The summed E-state index contributed by atoms with van der Waals surface area (Å²) in [5, 5.41) is 3.05. The van der Waals surface area contributed by atoms with Crippen molar-refractivity contribution in [2.45, 2.75) is 18.7 Å². The first-order valence-corrected chi connectivity index (χ1v) is 6.78. The highest BCUT2D eigenvalue weighted by atomic mass is 35.5. The van der Waals surface area contributed by atoms with E-state index in [9.17, 15) is 9.18 Å². The van der Waals surface area contributed by atoms with Gasteiger partial charge in [0, 0.05) is 19.0 Å². The number of halogens is 2. The van der Waals surface area contributed by atoms with Crippen molar-refractivity contribution >= 4 is 39.1 Å². The van der Waals surface area contributed by atoms with E-state index in [1.807, 2.05) is 0 Å². The van der Waals surface area contributed by atoms with Crippen LogP contribution in [0.25, 0.3) is 10.2 Å². The summed E-state index contributed by atoms with van der Waals surface area (Å²) >= 11 is 7.13. The van der Waals surface area contributed by atoms with Crippen LogP contribution in [0.2, 0.25) is 0 Å². The van der Waals surface area contributed by atoms with E-state index in [4.69, 9.17) is 11.6 Å². The summed E-state index contributed by atoms with van der Waals surface area (Å²) in [4.78, 5) is 15.5. The number of hydrogen-bond acceptors (Lipinski definition) is 3. The molecule has 0 spiro atoms. The maximum absolute atomic E-state index is 13.0. The number of alkyl halides is 1. The highest BCUT2D eigenvalue weighted by Crippen LogP contribution is 2.22. The SMILES string of the molecule is CC(Cl)C(=O)NCCc1nc2cc(F)ccc2s1. The van der Waals surface area contributed by atoms with Crippen LogP contribution < -0.4 is 5.32 Å². The van der Waals surface area contributed by atoms with Crippen molar-refractivity contribution in [3.63, 3.8) is 0 Å². The van der Waals surface area contributed by atoms with E-state index in [0.717, 1.165) is 9.71 Å². The number of rotatable bonds is 4. The van der Waals surface area contributed by atoms with Gasteiger partial charge in [-0.05, 0) is 19.1 Å². The Bertz CT molecular complexity index is 570. The van der Waals surface area contributed by atoms with Gasteiger partial charge in [0.2, 0.25) is 5.91 Å². The molecule has 6 heteroatoms. The van der Waals surface area contributed by atoms with Gasteiger partial charge in [-0.1, -0.05) is 0 Å². The van der Waals surface area contributed by atoms with E-state index in [2.05, 4.69) is 10.3 Å². The Morgan fingerprint density at radius 2 is 2.39 bits per heavy atom. The molecule has 2 aromatic rings. The lowest BCUT2D eigenvalue weighted by molar-refractivity contribution is -0.120. The summed E-state index contributed by atoms with van der Waals surface area (Å²) in [5.74, 6) is -0.479. The molecule has 0 saturated heterocycles. The lowest BCUT2D eigenvalue weighted by atomic mass is 10.3. The van der Waals surface area contributed by atoms with Crippen LogP contribution in [0.5, 0.6) is 0 Å². The molecule has 1 heterocycles. The number of hydrogen-bond donors (Lipinski definition) is 1. The Morgan fingerprint density at radius 3 is 3.11 bits per heavy atom. The third-order valence-electron chi connectivity index (χ3n) is 2.39. The second kappa shape index (κ2) is 5.63. The third kappa shape index (κ3) is 3.17. The summed E-state index contributed by atoms with van der Waals surface area (Å²) in [6.45, 7) is 2.11. The molecule has 1 aromatic heterocycles. The quantitative estimate of drug-likeness (QED) is 0.878. The highest BCUT2D eigenvalue weighted by Gasteiger charge is 2.09. The molecule has 1 atom stereocenters. The van der Waals surface area contributed by atoms with E-state index < -0.39 is 5.38 Å². The Kier molecular flexibility index (Phi) is 4.14. The summed E-state index contributed by atoms with van der Waals surface area (Å²) in [7, 11) is 0. The Labute approximate surface area is 113 Å². The van der Waals surface area contributed by atoms with Gasteiger partial charge in [0.25, 0.3) is 0 Å². The topological polar surface area (TPSA) is 42.0 Å². The lowest BCUT2D eigenvalue weighted by Crippen LogP contribution is -2.31. The molecule has 0 bridgehead atoms. The fraction of sp³-hybridized carbons (Fsp3) is 0.333. The normalized spacial score (nSPS) is 12.6. The third-order valence-corrected chi connectivity index (χ3v) is 3.69. The van der Waals surface area contributed by atoms with Crippen LogP contribution in [0.4, 0.5) is 4.39 Å². The maximum Gasteiger partial charge on any atom is 0.237 e. The number of carbonyl (C=O) groups is 1. The van der Waals surface area contributed by atoms with Crippen molar-refractivity contribution in [2.75, 3.05) is 6.54 Å². The van der Waals surface area contributed by atoms with Crippen LogP contribution in [-0.2, 0) is 11.2 Å². The van der Waals surface area contributed by atoms with Gasteiger partial charge < -0.3 is 5.32 Å². The number of thiazole rings is 1. The molecule has 0 saturated carbocycles. The minimum atomic E-state index is -0.533. The molecule has 0 aliphatic rings. The molecular weight excluding hydrogens is 275 g/mol. The number of aromatic nitrogens is 1. The first-order valence-electron chi connectivity index (χ1n) is 5.53. The Hall–Kier alpha value is -1.20. The molecule has 2 rings (SSSR count). The minimum Gasteiger partial charge on any atom is -0.354 e. The van der Waals surface area contributed by atoms with Crippen molar-refractivity contribution in [2.24, 2.45) is 0 Å². The van der Waals surface area contributed by atoms with Crippen LogP contribution in [0.15, 0.2) is 18.2 Å². The standard InChI is InChI=1S/C12H12ClFN2OS/c1-7(13)12(17)15-5-4-11-16-9-6-8(14)2-3-10(9)18-11/h2-3,6-7H,4-5H2,1H3,(H,15,17). The second-order valence-corrected chi connectivity index (χ2v) is 5.65. The molecule has 0 aliphatic heterocycles. The molecule has 18 heavy (non-hydrogen) atoms. The van der Waals surface area contributed by atoms with Crippen LogP contribution in [0, 0.1) is 5.82 Å². The van der Waals surface area contributed by atoms with E-state index in [0.29, 0.717) is 18.5 Å². The molecule has 1 unspecified atom stereocenters. The monoisotopic (exact) mass is 286 g/mol. The highest BCUT2D eigenvalue weighted by molar-refractivity contribution is 7.18. The van der Waals surface area contributed by atoms with Gasteiger partial charge in [-0.3, -0.25) is 4.79 Å². The van der Waals surface area contributed by atoms with E-state index in [1.165, 1.54) is 23.5 Å². The molecular formula is C12H12ClFN2OS. The van der Waals surface area contributed by atoms with Crippen molar-refractivity contribution in [1.82, 2.24) is 10.3 Å². The molecule has 1 aromatic carbocycles. The van der Waals surface area contributed by atoms with Gasteiger partial charge >= 0.3 is 0 Å². The molecule has 0 radical (unpaired) electrons. The van der Waals surface area contributed by atoms with Crippen LogP contribution in [0.3, 0.4) is 0 Å². The lowest BCUT2D eigenvalue weighted by Gasteiger charge is -2.04. The zero-order valence-corrected chi connectivity index (χ0v) is 11.3. The summed E-state index contributed by atoms with van der Waals surface area (Å²) in [5.41, 5.74) is 0.659. The number of nitrogens with zero attached hydrogens (tertiary/aromatic N) is 1. The molecule has 0 aliphatic carbocycles. The van der Waals surface area contributed by atoms with Crippen molar-refractivity contribution in [3.05, 3.63) is 29.0 Å². The van der Waals surface area contributed by atoms with E-state index in [-0.39, 0.29) is 11.7 Å². The Balaban J connectivity index is 1.98. The molecule has 1 N–H and O–H groups in total. The Morgan fingerprint density at radius 1 is 1.61 bits per heavy atom. The number of amides is 1. The molecule has 0 fully saturated rings. The number of fused-ring (bicyclic) bond motifs is 1. The van der Waals surface area contributed by atoms with Crippen LogP contribution >= 0.6 is 22.9 Å². The van der Waals surface area contributed by atoms with Crippen LogP contribution in [0.1, 0.15) is 11.9 Å². The maximum atomic E-state index is 13.0. The van der Waals surface area contributed by atoms with Crippen LogP contribution in [-0.4, -0.2) is 22.8 Å². The van der Waals surface area contributed by atoms with Gasteiger partial charge in [-0.2, -0.15) is 0 Å². The summed E-state index contributed by atoms with van der Waals surface area (Å²) in [6, 6.07) is 4.54. The van der Waals surface area contributed by atoms with E-state index >= 15 is 0 Å². The zero-order chi connectivity index (χ0) is 13.1. The van der Waals surface area contributed by atoms with Gasteiger partial charge in [0.15, 0.2) is 0 Å². The second-order valence-electron chi connectivity index (χ2n) is 3.88. The number of carbonyl (C=O) groups excluding carboxylic acids is 1. The van der Waals surface area contributed by atoms with Crippen molar-refractivity contribution in [1.29, 1.82) is 0 Å². The van der Waals surface area contributed by atoms with Gasteiger partial charge in [0.1, 0.15) is 11.2 Å². The van der Waals surface area contributed by atoms with Gasteiger partial charge in [0.05, 0.1) is 15.2 Å². The first kappa shape index (κ1) is 13.2. The molecule has 3 nitrogen and oxygen atoms in total. The van der Waals surface area contributed by atoms with Gasteiger partial charge in [-0.15, -0.1) is 22.9 Å². The molecule has 1 amide bonds. The average molecular weight is 287 g/mol.